The van der Waals surface area contributed by atoms with Crippen molar-refractivity contribution < 1.29 is 13.6 Å². The number of pyridine rings is 1. The van der Waals surface area contributed by atoms with Gasteiger partial charge in [0.05, 0.1) is 35.2 Å². The van der Waals surface area contributed by atoms with Crippen LogP contribution >= 0.6 is 0 Å². The maximum atomic E-state index is 13.4. The Labute approximate surface area is 234 Å². The van der Waals surface area contributed by atoms with Gasteiger partial charge in [0, 0.05) is 28.3 Å². The molecule has 0 saturated heterocycles. The number of nitrogens with zero attached hydrogens (tertiary/aromatic N) is 2. The fourth-order valence-electron chi connectivity index (χ4n) is 5.57. The zero-order valence-electron chi connectivity index (χ0n) is 21.8. The third-order valence-corrected chi connectivity index (χ3v) is 7.36. The molecule has 0 bridgehead atoms. The SMILES string of the molecule is O=C(/C=C/c1cc(F)cc(F)c1)NCc1cc2c3ccccc3n(-c3cc4ccccc4c4ccccc34)c2cn1. The Hall–Kier alpha value is -5.36. The molecular formula is C35H23F2N3O. The number of hydrogen-bond donors (Lipinski definition) is 1. The molecule has 0 unspecified atom stereocenters. The largest absolute Gasteiger partial charge is 0.347 e. The standard InChI is InChI=1S/C35H23F2N3O/c36-24-15-22(16-25(37)18-24)13-14-35(41)39-20-26-19-31-30-11-5-6-12-32(30)40(34(31)21-38-26)33-17-23-7-1-2-8-27(23)28-9-3-4-10-29(28)33/h1-19,21H,20H2,(H,39,41)/b14-13+. The number of para-hydroxylation sites is 1. The number of fused-ring (bicyclic) bond motifs is 6. The van der Waals surface area contributed by atoms with E-state index in [2.05, 4.69) is 81.6 Å². The second-order valence-corrected chi connectivity index (χ2v) is 9.96. The summed E-state index contributed by atoms with van der Waals surface area (Å²) >= 11 is 0. The van der Waals surface area contributed by atoms with Crippen LogP contribution < -0.4 is 5.32 Å². The van der Waals surface area contributed by atoms with Crippen molar-refractivity contribution in [1.82, 2.24) is 14.9 Å². The van der Waals surface area contributed by atoms with Crippen molar-refractivity contribution in [2.75, 3.05) is 0 Å². The van der Waals surface area contributed by atoms with Crippen LogP contribution in [0, 0.1) is 11.6 Å². The van der Waals surface area contributed by atoms with Gasteiger partial charge in [0.25, 0.3) is 0 Å². The van der Waals surface area contributed by atoms with E-state index in [1.54, 1.807) is 0 Å². The van der Waals surface area contributed by atoms with Crippen LogP contribution in [0.25, 0.3) is 55.1 Å². The summed E-state index contributed by atoms with van der Waals surface area (Å²) in [6, 6.07) is 32.5. The molecule has 0 atom stereocenters. The lowest BCUT2D eigenvalue weighted by atomic mass is 10.00. The lowest BCUT2D eigenvalue weighted by Crippen LogP contribution is -2.20. The van der Waals surface area contributed by atoms with E-state index >= 15 is 0 Å². The van der Waals surface area contributed by atoms with Gasteiger partial charge in [-0.15, -0.1) is 0 Å². The number of halogens is 2. The number of carbonyl (C=O) groups excluding carboxylic acids is 1. The topological polar surface area (TPSA) is 46.9 Å². The second-order valence-electron chi connectivity index (χ2n) is 9.96. The fraction of sp³-hybridized carbons (Fsp3) is 0.0286. The van der Waals surface area contributed by atoms with Crippen molar-refractivity contribution >= 4 is 55.3 Å². The number of hydrogen-bond acceptors (Lipinski definition) is 2. The molecule has 0 aliphatic heterocycles. The summed E-state index contributed by atoms with van der Waals surface area (Å²) in [5.74, 6) is -1.78. The average Bonchev–Trinajstić information content (AvgIpc) is 3.31. The maximum absolute atomic E-state index is 13.4. The first-order chi connectivity index (χ1) is 20.0. The number of rotatable bonds is 5. The molecule has 4 nitrogen and oxygen atoms in total. The molecule has 1 amide bonds. The molecule has 6 heteroatoms. The van der Waals surface area contributed by atoms with Crippen molar-refractivity contribution in [3.05, 3.63) is 138 Å². The highest BCUT2D eigenvalue weighted by atomic mass is 19.1. The van der Waals surface area contributed by atoms with Gasteiger partial charge in [-0.2, -0.15) is 0 Å². The number of nitrogens with one attached hydrogen (secondary N) is 1. The van der Waals surface area contributed by atoms with Crippen molar-refractivity contribution in [1.29, 1.82) is 0 Å². The maximum Gasteiger partial charge on any atom is 0.244 e. The molecule has 0 fully saturated rings. The first kappa shape index (κ1) is 24.7. The summed E-state index contributed by atoms with van der Waals surface area (Å²) < 4.78 is 29.1. The Bertz CT molecular complexity index is 2140. The van der Waals surface area contributed by atoms with E-state index in [1.807, 2.05) is 24.4 Å². The predicted octanol–water partition coefficient (Wildman–Crippen LogP) is 8.09. The molecule has 7 aromatic rings. The van der Waals surface area contributed by atoms with Crippen molar-refractivity contribution in [3.63, 3.8) is 0 Å². The molecule has 1 N–H and O–H groups in total. The van der Waals surface area contributed by atoms with E-state index in [1.165, 1.54) is 22.9 Å². The Kier molecular flexibility index (Phi) is 6.01. The fourth-order valence-corrected chi connectivity index (χ4v) is 5.57. The van der Waals surface area contributed by atoms with Gasteiger partial charge in [-0.25, -0.2) is 8.78 Å². The highest BCUT2D eigenvalue weighted by Gasteiger charge is 2.16. The third-order valence-electron chi connectivity index (χ3n) is 7.36. The zero-order valence-corrected chi connectivity index (χ0v) is 21.8. The molecule has 0 aliphatic rings. The Morgan fingerprint density at radius 1 is 0.732 bits per heavy atom. The minimum Gasteiger partial charge on any atom is -0.347 e. The van der Waals surface area contributed by atoms with E-state index in [0.717, 1.165) is 56.5 Å². The van der Waals surface area contributed by atoms with Crippen LogP contribution in [0.3, 0.4) is 0 Å². The summed E-state index contributed by atoms with van der Waals surface area (Å²) in [7, 11) is 0. The molecule has 7 rings (SSSR count). The van der Waals surface area contributed by atoms with Crippen LogP contribution in [-0.4, -0.2) is 15.5 Å². The zero-order chi connectivity index (χ0) is 27.9. The molecule has 41 heavy (non-hydrogen) atoms. The first-order valence-corrected chi connectivity index (χ1v) is 13.3. The minimum absolute atomic E-state index is 0.203. The predicted molar refractivity (Wildman–Crippen MR) is 161 cm³/mol. The van der Waals surface area contributed by atoms with Crippen LogP contribution in [0.1, 0.15) is 11.3 Å². The van der Waals surface area contributed by atoms with Gasteiger partial charge in [0.1, 0.15) is 11.6 Å². The van der Waals surface area contributed by atoms with Crippen molar-refractivity contribution in [2.24, 2.45) is 0 Å². The van der Waals surface area contributed by atoms with E-state index in [0.29, 0.717) is 5.69 Å². The molecule has 5 aromatic carbocycles. The molecular weight excluding hydrogens is 516 g/mol. The molecule has 2 heterocycles. The number of amides is 1. The molecule has 0 saturated carbocycles. The van der Waals surface area contributed by atoms with Crippen LogP contribution in [0.15, 0.2) is 115 Å². The molecule has 198 valence electrons. The number of carbonyl (C=O) groups is 1. The summed E-state index contributed by atoms with van der Waals surface area (Å²) in [4.78, 5) is 17.1. The summed E-state index contributed by atoms with van der Waals surface area (Å²) in [5, 5.41) is 9.63. The summed E-state index contributed by atoms with van der Waals surface area (Å²) in [6.07, 6.45) is 4.48. The third kappa shape index (κ3) is 4.49. The average molecular weight is 540 g/mol. The first-order valence-electron chi connectivity index (χ1n) is 13.3. The quantitative estimate of drug-likeness (QED) is 0.178. The highest BCUT2D eigenvalue weighted by Crippen LogP contribution is 2.37. The lowest BCUT2D eigenvalue weighted by Gasteiger charge is -2.14. The van der Waals surface area contributed by atoms with Crippen molar-refractivity contribution in [2.45, 2.75) is 6.54 Å². The Morgan fingerprint density at radius 2 is 1.41 bits per heavy atom. The van der Waals surface area contributed by atoms with Crippen LogP contribution in [-0.2, 0) is 11.3 Å². The Balaban J connectivity index is 1.27. The van der Waals surface area contributed by atoms with Gasteiger partial charge < -0.3 is 9.88 Å². The lowest BCUT2D eigenvalue weighted by molar-refractivity contribution is -0.116. The number of aromatic nitrogens is 2. The van der Waals surface area contributed by atoms with E-state index < -0.39 is 11.6 Å². The van der Waals surface area contributed by atoms with E-state index in [4.69, 9.17) is 0 Å². The van der Waals surface area contributed by atoms with Gasteiger partial charge in [-0.3, -0.25) is 9.78 Å². The molecule has 2 aromatic heterocycles. The second kappa shape index (κ2) is 9.99. The van der Waals surface area contributed by atoms with Crippen LogP contribution in [0.4, 0.5) is 8.78 Å². The van der Waals surface area contributed by atoms with Gasteiger partial charge in [0.15, 0.2) is 0 Å². The molecule has 0 spiro atoms. The monoisotopic (exact) mass is 539 g/mol. The number of benzene rings is 5. The van der Waals surface area contributed by atoms with Crippen LogP contribution in [0.2, 0.25) is 0 Å². The Morgan fingerprint density at radius 3 is 2.22 bits per heavy atom. The smallest absolute Gasteiger partial charge is 0.244 e. The van der Waals surface area contributed by atoms with E-state index in [9.17, 15) is 13.6 Å². The summed E-state index contributed by atoms with van der Waals surface area (Å²) in [6.45, 7) is 0.203. The summed E-state index contributed by atoms with van der Waals surface area (Å²) in [5.41, 5.74) is 4.08. The normalized spacial score (nSPS) is 11.8. The minimum atomic E-state index is -0.696. The van der Waals surface area contributed by atoms with Gasteiger partial charge in [0.2, 0.25) is 5.91 Å². The molecule has 0 aliphatic carbocycles. The van der Waals surface area contributed by atoms with Crippen molar-refractivity contribution in [3.8, 4) is 5.69 Å². The van der Waals surface area contributed by atoms with Gasteiger partial charge in [-0.05, 0) is 58.1 Å². The highest BCUT2D eigenvalue weighted by molar-refractivity contribution is 6.15. The molecule has 0 radical (unpaired) electrons. The van der Waals surface area contributed by atoms with Gasteiger partial charge >= 0.3 is 0 Å². The van der Waals surface area contributed by atoms with Gasteiger partial charge in [-0.1, -0.05) is 66.7 Å². The van der Waals surface area contributed by atoms with E-state index in [-0.39, 0.29) is 18.0 Å². The van der Waals surface area contributed by atoms with Crippen LogP contribution in [0.5, 0.6) is 0 Å².